The third kappa shape index (κ3) is 3.75. The second kappa shape index (κ2) is 7.86. The van der Waals surface area contributed by atoms with Crippen LogP contribution in [0.2, 0.25) is 5.02 Å². The number of carbonyl (C=O) groups excluding carboxylic acids is 1. The van der Waals surface area contributed by atoms with E-state index in [1.165, 1.54) is 18.2 Å². The van der Waals surface area contributed by atoms with Crippen molar-refractivity contribution in [1.29, 1.82) is 0 Å². The number of halogens is 2. The normalized spacial score (nSPS) is 11.2. The largest absolute Gasteiger partial charge is 0.321 e. The number of pyridine rings is 1. The summed E-state index contributed by atoms with van der Waals surface area (Å²) >= 11 is 6.18. The summed E-state index contributed by atoms with van der Waals surface area (Å²) in [7, 11) is 0. The van der Waals surface area contributed by atoms with Crippen molar-refractivity contribution in [2.45, 2.75) is 0 Å². The monoisotopic (exact) mass is 403 g/mol. The van der Waals surface area contributed by atoms with E-state index in [0.29, 0.717) is 27.1 Å². The van der Waals surface area contributed by atoms with Gasteiger partial charge in [0.2, 0.25) is 0 Å². The summed E-state index contributed by atoms with van der Waals surface area (Å²) in [5.41, 5.74) is 1.53. The van der Waals surface area contributed by atoms with Crippen LogP contribution in [0.4, 0.5) is 4.39 Å². The van der Waals surface area contributed by atoms with Crippen LogP contribution in [0.3, 0.4) is 0 Å². The number of hydrogen-bond donors (Lipinski definition) is 1. The van der Waals surface area contributed by atoms with E-state index in [2.05, 4.69) is 4.98 Å². The van der Waals surface area contributed by atoms with Gasteiger partial charge in [0.15, 0.2) is 5.78 Å². The van der Waals surface area contributed by atoms with Gasteiger partial charge >= 0.3 is 0 Å². The molecule has 0 atom stereocenters. The SMILES string of the molecule is O=C(/C=C/c1ccccc1F)c1c(-c2ccccc2)c2cc(Cl)ccc2[nH]c1=O. The molecule has 0 unspecified atom stereocenters. The van der Waals surface area contributed by atoms with Gasteiger partial charge in [0.25, 0.3) is 5.56 Å². The average molecular weight is 404 g/mol. The lowest BCUT2D eigenvalue weighted by Crippen LogP contribution is -2.18. The first-order chi connectivity index (χ1) is 14.0. The molecule has 29 heavy (non-hydrogen) atoms. The molecule has 0 amide bonds. The fourth-order valence-electron chi connectivity index (χ4n) is 3.26. The molecule has 3 nitrogen and oxygen atoms in total. The zero-order valence-electron chi connectivity index (χ0n) is 15.2. The van der Waals surface area contributed by atoms with E-state index in [-0.39, 0.29) is 11.1 Å². The number of ketones is 1. The van der Waals surface area contributed by atoms with Crippen molar-refractivity contribution in [3.63, 3.8) is 0 Å². The van der Waals surface area contributed by atoms with Crippen LogP contribution in [-0.2, 0) is 0 Å². The van der Waals surface area contributed by atoms with E-state index in [4.69, 9.17) is 11.6 Å². The molecule has 142 valence electrons. The Labute approximate surface area is 171 Å². The summed E-state index contributed by atoms with van der Waals surface area (Å²) in [4.78, 5) is 28.6. The number of aromatic nitrogens is 1. The van der Waals surface area contributed by atoms with E-state index >= 15 is 0 Å². The quantitative estimate of drug-likeness (QED) is 0.341. The van der Waals surface area contributed by atoms with Crippen molar-refractivity contribution in [3.05, 3.63) is 111 Å². The van der Waals surface area contributed by atoms with Crippen LogP contribution < -0.4 is 5.56 Å². The van der Waals surface area contributed by atoms with Crippen LogP contribution in [0.5, 0.6) is 0 Å². The van der Waals surface area contributed by atoms with Gasteiger partial charge < -0.3 is 4.98 Å². The summed E-state index contributed by atoms with van der Waals surface area (Å²) < 4.78 is 13.9. The molecule has 1 aromatic heterocycles. The standard InChI is InChI=1S/C24H15ClFNO2/c25-17-11-12-20-18(14-17)22(16-7-2-1-3-8-16)23(24(29)27-20)21(28)13-10-15-6-4-5-9-19(15)26/h1-14H,(H,27,29)/b13-10+. The van der Waals surface area contributed by atoms with Gasteiger partial charge in [-0.2, -0.15) is 0 Å². The molecule has 0 spiro atoms. The molecule has 1 heterocycles. The zero-order chi connectivity index (χ0) is 20.4. The van der Waals surface area contributed by atoms with Crippen LogP contribution >= 0.6 is 11.6 Å². The number of H-pyrrole nitrogens is 1. The fraction of sp³-hybridized carbons (Fsp3) is 0. The van der Waals surface area contributed by atoms with E-state index < -0.39 is 17.2 Å². The van der Waals surface area contributed by atoms with E-state index in [1.807, 2.05) is 30.3 Å². The summed E-state index contributed by atoms with van der Waals surface area (Å²) in [5, 5.41) is 1.15. The Bertz CT molecular complexity index is 1310. The highest BCUT2D eigenvalue weighted by Crippen LogP contribution is 2.31. The van der Waals surface area contributed by atoms with Crippen LogP contribution in [0.1, 0.15) is 15.9 Å². The Morgan fingerprint density at radius 2 is 1.69 bits per heavy atom. The van der Waals surface area contributed by atoms with Crippen LogP contribution in [0.15, 0.2) is 83.7 Å². The Hall–Kier alpha value is -3.50. The lowest BCUT2D eigenvalue weighted by molar-refractivity contribution is 0.104. The molecule has 4 rings (SSSR count). The smallest absolute Gasteiger partial charge is 0.260 e. The zero-order valence-corrected chi connectivity index (χ0v) is 15.9. The number of hydrogen-bond acceptors (Lipinski definition) is 2. The Kier molecular flexibility index (Phi) is 5.10. The minimum absolute atomic E-state index is 0.0152. The van der Waals surface area contributed by atoms with Gasteiger partial charge in [-0.15, -0.1) is 0 Å². The lowest BCUT2D eigenvalue weighted by atomic mass is 9.94. The van der Waals surface area contributed by atoms with Gasteiger partial charge in [-0.25, -0.2) is 4.39 Å². The topological polar surface area (TPSA) is 49.9 Å². The molecule has 0 aliphatic rings. The van der Waals surface area contributed by atoms with E-state index in [1.54, 1.807) is 36.4 Å². The van der Waals surface area contributed by atoms with Crippen molar-refractivity contribution in [2.24, 2.45) is 0 Å². The van der Waals surface area contributed by atoms with Crippen molar-refractivity contribution < 1.29 is 9.18 Å². The molecule has 0 radical (unpaired) electrons. The molecular weight excluding hydrogens is 389 g/mol. The Balaban J connectivity index is 1.94. The summed E-state index contributed by atoms with van der Waals surface area (Å²) in [6, 6.07) is 20.4. The van der Waals surface area contributed by atoms with Crippen molar-refractivity contribution in [2.75, 3.05) is 0 Å². The number of rotatable bonds is 4. The number of aromatic amines is 1. The van der Waals surface area contributed by atoms with Gasteiger partial charge in [0, 0.05) is 27.1 Å². The second-order valence-corrected chi connectivity index (χ2v) is 6.92. The minimum Gasteiger partial charge on any atom is -0.321 e. The predicted octanol–water partition coefficient (Wildman–Crippen LogP) is 5.88. The van der Waals surface area contributed by atoms with Gasteiger partial charge in [0.1, 0.15) is 5.82 Å². The third-order valence-electron chi connectivity index (χ3n) is 4.60. The Morgan fingerprint density at radius 3 is 2.45 bits per heavy atom. The molecule has 1 N–H and O–H groups in total. The molecule has 5 heteroatoms. The van der Waals surface area contributed by atoms with E-state index in [0.717, 1.165) is 0 Å². The van der Waals surface area contributed by atoms with Crippen molar-refractivity contribution in [3.8, 4) is 11.1 Å². The van der Waals surface area contributed by atoms with Crippen LogP contribution in [0.25, 0.3) is 28.1 Å². The molecule has 0 aliphatic carbocycles. The maximum Gasteiger partial charge on any atom is 0.260 e. The summed E-state index contributed by atoms with van der Waals surface area (Å²) in [6.07, 6.45) is 2.58. The minimum atomic E-state index is -0.518. The van der Waals surface area contributed by atoms with Crippen molar-refractivity contribution in [1.82, 2.24) is 4.98 Å². The number of fused-ring (bicyclic) bond motifs is 1. The highest BCUT2D eigenvalue weighted by molar-refractivity contribution is 6.31. The summed E-state index contributed by atoms with van der Waals surface area (Å²) in [6.45, 7) is 0. The average Bonchev–Trinajstić information content (AvgIpc) is 2.73. The first kappa shape index (κ1) is 18.8. The van der Waals surface area contributed by atoms with Gasteiger partial charge in [-0.05, 0) is 42.0 Å². The number of benzene rings is 3. The Morgan fingerprint density at radius 1 is 0.966 bits per heavy atom. The van der Waals surface area contributed by atoms with Crippen LogP contribution in [-0.4, -0.2) is 10.8 Å². The number of carbonyl (C=O) groups is 1. The second-order valence-electron chi connectivity index (χ2n) is 6.48. The predicted molar refractivity (Wildman–Crippen MR) is 115 cm³/mol. The molecule has 0 saturated carbocycles. The van der Waals surface area contributed by atoms with Gasteiger partial charge in [0.05, 0.1) is 5.56 Å². The number of allylic oxidation sites excluding steroid dienone is 1. The highest BCUT2D eigenvalue weighted by Gasteiger charge is 2.19. The van der Waals surface area contributed by atoms with Crippen LogP contribution in [0, 0.1) is 5.82 Å². The highest BCUT2D eigenvalue weighted by atomic mass is 35.5. The van der Waals surface area contributed by atoms with Gasteiger partial charge in [-0.1, -0.05) is 60.1 Å². The van der Waals surface area contributed by atoms with E-state index in [9.17, 15) is 14.0 Å². The molecule has 0 aliphatic heterocycles. The molecule has 0 bridgehead atoms. The summed E-state index contributed by atoms with van der Waals surface area (Å²) in [5.74, 6) is -0.964. The van der Waals surface area contributed by atoms with Gasteiger partial charge in [-0.3, -0.25) is 9.59 Å². The maximum absolute atomic E-state index is 13.9. The first-order valence-corrected chi connectivity index (χ1v) is 9.30. The molecule has 3 aromatic carbocycles. The first-order valence-electron chi connectivity index (χ1n) is 8.92. The van der Waals surface area contributed by atoms with Crippen molar-refractivity contribution >= 4 is 34.4 Å². The molecule has 4 aromatic rings. The lowest BCUT2D eigenvalue weighted by Gasteiger charge is -2.11. The number of nitrogens with one attached hydrogen (secondary N) is 1. The maximum atomic E-state index is 13.9. The fourth-order valence-corrected chi connectivity index (χ4v) is 3.44. The third-order valence-corrected chi connectivity index (χ3v) is 4.84. The molecule has 0 fully saturated rings. The molecule has 0 saturated heterocycles. The molecular formula is C24H15ClFNO2.